The Morgan fingerprint density at radius 2 is 2.17 bits per heavy atom. The molecule has 18 heavy (non-hydrogen) atoms. The lowest BCUT2D eigenvalue weighted by Crippen LogP contribution is -2.04. The molecule has 1 atom stereocenters. The second kappa shape index (κ2) is 5.21. The van der Waals surface area contributed by atoms with Gasteiger partial charge in [-0.1, -0.05) is 0 Å². The first-order chi connectivity index (χ1) is 8.56. The molecule has 0 amide bonds. The van der Waals surface area contributed by atoms with Crippen LogP contribution in [0.15, 0.2) is 33.5 Å². The van der Waals surface area contributed by atoms with Crippen LogP contribution in [0.1, 0.15) is 18.9 Å². The van der Waals surface area contributed by atoms with Gasteiger partial charge in [0.1, 0.15) is 17.5 Å². The van der Waals surface area contributed by atoms with Crippen molar-refractivity contribution in [2.75, 3.05) is 6.61 Å². The first-order valence-electron chi connectivity index (χ1n) is 5.87. The first-order valence-corrected chi connectivity index (χ1v) is 5.87. The Morgan fingerprint density at radius 3 is 2.89 bits per heavy atom. The molecule has 0 saturated carbocycles. The lowest BCUT2D eigenvalue weighted by atomic mass is 10.1. The quantitative estimate of drug-likeness (QED) is 0.782. The van der Waals surface area contributed by atoms with Gasteiger partial charge in [0.25, 0.3) is 0 Å². The minimum atomic E-state index is -0.884. The zero-order chi connectivity index (χ0) is 13.1. The second-order valence-electron chi connectivity index (χ2n) is 4.32. The average Bonchev–Trinajstić information content (AvgIpc) is 2.27. The predicted molar refractivity (Wildman–Crippen MR) is 67.9 cm³/mol. The molecule has 0 bridgehead atoms. The maximum absolute atomic E-state index is 12.6. The van der Waals surface area contributed by atoms with Crippen LogP contribution in [0.25, 0.3) is 11.0 Å². The van der Waals surface area contributed by atoms with Crippen molar-refractivity contribution in [3.8, 4) is 5.75 Å². The van der Waals surface area contributed by atoms with Crippen LogP contribution in [0, 0.1) is 6.92 Å². The molecule has 1 aromatic heterocycles. The van der Waals surface area contributed by atoms with E-state index < -0.39 is 6.17 Å². The summed E-state index contributed by atoms with van der Waals surface area (Å²) < 4.78 is 23.1. The van der Waals surface area contributed by atoms with Crippen molar-refractivity contribution in [2.24, 2.45) is 0 Å². The highest BCUT2D eigenvalue weighted by atomic mass is 19.1. The number of halogens is 1. The first kappa shape index (κ1) is 12.6. The summed E-state index contributed by atoms with van der Waals surface area (Å²) in [6.07, 6.45) is -0.541. The lowest BCUT2D eigenvalue weighted by molar-refractivity contribution is 0.247. The van der Waals surface area contributed by atoms with Gasteiger partial charge in [0.05, 0.1) is 6.61 Å². The normalized spacial score (nSPS) is 12.6. The molecular formula is C14H15FO3. The van der Waals surface area contributed by atoms with E-state index in [2.05, 4.69) is 0 Å². The number of ether oxygens (including phenoxy) is 1. The van der Waals surface area contributed by atoms with Gasteiger partial charge in [0.2, 0.25) is 0 Å². The Morgan fingerprint density at radius 1 is 1.39 bits per heavy atom. The second-order valence-corrected chi connectivity index (χ2v) is 4.32. The molecule has 0 fully saturated rings. The fourth-order valence-corrected chi connectivity index (χ4v) is 1.73. The molecule has 2 rings (SSSR count). The largest absolute Gasteiger partial charge is 0.493 e. The summed E-state index contributed by atoms with van der Waals surface area (Å²) >= 11 is 0. The van der Waals surface area contributed by atoms with E-state index in [1.165, 1.54) is 13.0 Å². The third-order valence-electron chi connectivity index (χ3n) is 2.71. The molecule has 3 nitrogen and oxygen atoms in total. The fraction of sp³-hybridized carbons (Fsp3) is 0.357. The number of alkyl halides is 1. The van der Waals surface area contributed by atoms with Crippen LogP contribution in [0.3, 0.4) is 0 Å². The van der Waals surface area contributed by atoms with Crippen molar-refractivity contribution >= 4 is 11.0 Å². The van der Waals surface area contributed by atoms with Gasteiger partial charge in [-0.3, -0.25) is 0 Å². The van der Waals surface area contributed by atoms with E-state index in [9.17, 15) is 9.18 Å². The highest BCUT2D eigenvalue weighted by Crippen LogP contribution is 2.22. The molecule has 96 valence electrons. The number of aryl methyl sites for hydroxylation is 1. The van der Waals surface area contributed by atoms with Crippen molar-refractivity contribution in [1.82, 2.24) is 0 Å². The van der Waals surface area contributed by atoms with Crippen molar-refractivity contribution in [1.29, 1.82) is 0 Å². The van der Waals surface area contributed by atoms with E-state index in [0.29, 0.717) is 24.4 Å². The van der Waals surface area contributed by atoms with Crippen LogP contribution in [0.2, 0.25) is 0 Å². The number of benzene rings is 1. The Hall–Kier alpha value is -1.84. The average molecular weight is 250 g/mol. The van der Waals surface area contributed by atoms with Gasteiger partial charge < -0.3 is 9.15 Å². The molecular weight excluding hydrogens is 235 g/mol. The van der Waals surface area contributed by atoms with Crippen LogP contribution >= 0.6 is 0 Å². The fourth-order valence-electron chi connectivity index (χ4n) is 1.73. The molecule has 0 aliphatic heterocycles. The smallest absolute Gasteiger partial charge is 0.336 e. The third kappa shape index (κ3) is 2.88. The highest BCUT2D eigenvalue weighted by molar-refractivity contribution is 5.81. The Kier molecular flexibility index (Phi) is 3.65. The van der Waals surface area contributed by atoms with E-state index in [1.54, 1.807) is 12.1 Å². The topological polar surface area (TPSA) is 39.4 Å². The molecule has 0 radical (unpaired) electrons. The van der Waals surface area contributed by atoms with E-state index in [0.717, 1.165) is 10.9 Å². The van der Waals surface area contributed by atoms with Gasteiger partial charge in [0.15, 0.2) is 0 Å². The molecule has 1 heterocycles. The van der Waals surface area contributed by atoms with Crippen molar-refractivity contribution in [3.05, 3.63) is 40.2 Å². The molecule has 0 saturated heterocycles. The van der Waals surface area contributed by atoms with Gasteiger partial charge >= 0.3 is 5.63 Å². The minimum absolute atomic E-state index is 0.305. The third-order valence-corrected chi connectivity index (χ3v) is 2.71. The van der Waals surface area contributed by atoms with Gasteiger partial charge in [-0.2, -0.15) is 0 Å². The molecule has 1 unspecified atom stereocenters. The molecule has 0 aliphatic carbocycles. The summed E-state index contributed by atoms with van der Waals surface area (Å²) in [5.41, 5.74) is 0.977. The summed E-state index contributed by atoms with van der Waals surface area (Å²) in [5, 5.41) is 0.876. The Bertz CT molecular complexity index is 602. The van der Waals surface area contributed by atoms with Crippen LogP contribution in [0.4, 0.5) is 4.39 Å². The number of hydrogen-bond acceptors (Lipinski definition) is 3. The Labute approximate surface area is 104 Å². The van der Waals surface area contributed by atoms with Gasteiger partial charge in [-0.05, 0) is 31.5 Å². The molecule has 4 heteroatoms. The van der Waals surface area contributed by atoms with Gasteiger partial charge in [0, 0.05) is 23.9 Å². The summed E-state index contributed by atoms with van der Waals surface area (Å²) in [6.45, 7) is 3.65. The molecule has 0 spiro atoms. The van der Waals surface area contributed by atoms with Gasteiger partial charge in [-0.15, -0.1) is 0 Å². The van der Waals surface area contributed by atoms with Gasteiger partial charge in [-0.25, -0.2) is 9.18 Å². The Balaban J connectivity index is 2.24. The van der Waals surface area contributed by atoms with E-state index in [-0.39, 0.29) is 5.63 Å². The maximum atomic E-state index is 12.6. The minimum Gasteiger partial charge on any atom is -0.493 e. The SMILES string of the molecule is Cc1cc(=O)oc2cc(OCCC(C)F)ccc12. The summed E-state index contributed by atoms with van der Waals surface area (Å²) in [6, 6.07) is 6.74. The zero-order valence-corrected chi connectivity index (χ0v) is 10.4. The van der Waals surface area contributed by atoms with Crippen LogP contribution in [-0.2, 0) is 0 Å². The lowest BCUT2D eigenvalue weighted by Gasteiger charge is -2.07. The van der Waals surface area contributed by atoms with Crippen molar-refractivity contribution < 1.29 is 13.5 Å². The molecule has 0 aliphatic rings. The number of rotatable bonds is 4. The standard InChI is InChI=1S/C14H15FO3/c1-9-7-14(16)18-13-8-11(3-4-12(9)13)17-6-5-10(2)15/h3-4,7-8,10H,5-6H2,1-2H3. The van der Waals surface area contributed by atoms with Crippen LogP contribution in [0.5, 0.6) is 5.75 Å². The van der Waals surface area contributed by atoms with Crippen molar-refractivity contribution in [2.45, 2.75) is 26.4 Å². The molecule has 2 aromatic rings. The summed E-state index contributed by atoms with van der Waals surface area (Å²) in [4.78, 5) is 11.3. The van der Waals surface area contributed by atoms with Crippen molar-refractivity contribution in [3.63, 3.8) is 0 Å². The van der Waals surface area contributed by atoms with E-state index >= 15 is 0 Å². The summed E-state index contributed by atoms with van der Waals surface area (Å²) in [5.74, 6) is 0.580. The van der Waals surface area contributed by atoms with Crippen LogP contribution < -0.4 is 10.4 Å². The maximum Gasteiger partial charge on any atom is 0.336 e. The zero-order valence-electron chi connectivity index (χ0n) is 10.4. The highest BCUT2D eigenvalue weighted by Gasteiger charge is 2.04. The number of fused-ring (bicyclic) bond motifs is 1. The van der Waals surface area contributed by atoms with E-state index in [4.69, 9.17) is 9.15 Å². The molecule has 1 aromatic carbocycles. The number of hydrogen-bond donors (Lipinski definition) is 0. The molecule has 0 N–H and O–H groups in total. The van der Waals surface area contributed by atoms with Crippen LogP contribution in [-0.4, -0.2) is 12.8 Å². The summed E-state index contributed by atoms with van der Waals surface area (Å²) in [7, 11) is 0. The van der Waals surface area contributed by atoms with E-state index in [1.807, 2.05) is 13.0 Å². The monoisotopic (exact) mass is 250 g/mol. The predicted octanol–water partition coefficient (Wildman–Crippen LogP) is 3.23.